The highest BCUT2D eigenvalue weighted by Gasteiger charge is 2.44. The van der Waals surface area contributed by atoms with Gasteiger partial charge in [0.25, 0.3) is 0 Å². The van der Waals surface area contributed by atoms with E-state index in [1.54, 1.807) is 13.3 Å². The van der Waals surface area contributed by atoms with Crippen molar-refractivity contribution in [1.29, 1.82) is 0 Å². The van der Waals surface area contributed by atoms with Gasteiger partial charge in [0.05, 0.1) is 25.1 Å². The Hall–Kier alpha value is -1.22. The minimum Gasteiger partial charge on any atom is -0.481 e. The SMILES string of the molecule is COc1ncccc1CN1C[C@@H]2[C@@H](CNS(=O)(=O)C3CC3)CO[C@@H]2C1. The number of hydrogen-bond donors (Lipinski definition) is 1. The third-order valence-electron chi connectivity index (χ3n) is 5.46. The molecular weight excluding hydrogens is 342 g/mol. The summed E-state index contributed by atoms with van der Waals surface area (Å²) in [5, 5.41) is -0.163. The molecule has 0 bridgehead atoms. The zero-order valence-electron chi connectivity index (χ0n) is 14.4. The summed E-state index contributed by atoms with van der Waals surface area (Å²) >= 11 is 0. The summed E-state index contributed by atoms with van der Waals surface area (Å²) in [7, 11) is -1.48. The lowest BCUT2D eigenvalue weighted by Crippen LogP contribution is -2.35. The van der Waals surface area contributed by atoms with Gasteiger partial charge in [-0.2, -0.15) is 0 Å². The first-order valence-corrected chi connectivity index (χ1v) is 10.4. The Balaban J connectivity index is 1.34. The molecule has 25 heavy (non-hydrogen) atoms. The number of hydrogen-bond acceptors (Lipinski definition) is 6. The van der Waals surface area contributed by atoms with Gasteiger partial charge in [0, 0.05) is 49.8 Å². The molecule has 2 aliphatic heterocycles. The second-order valence-corrected chi connectivity index (χ2v) is 9.30. The van der Waals surface area contributed by atoms with Gasteiger partial charge in [0.1, 0.15) is 0 Å². The van der Waals surface area contributed by atoms with Crippen LogP contribution in [0, 0.1) is 11.8 Å². The lowest BCUT2D eigenvalue weighted by molar-refractivity contribution is 0.0940. The van der Waals surface area contributed by atoms with Crippen LogP contribution in [0.15, 0.2) is 18.3 Å². The highest BCUT2D eigenvalue weighted by atomic mass is 32.2. The van der Waals surface area contributed by atoms with Gasteiger partial charge >= 0.3 is 0 Å². The van der Waals surface area contributed by atoms with Crippen molar-refractivity contribution in [3.8, 4) is 5.88 Å². The Morgan fingerprint density at radius 1 is 1.40 bits per heavy atom. The van der Waals surface area contributed by atoms with Gasteiger partial charge in [-0.3, -0.25) is 4.90 Å². The average Bonchev–Trinajstić information content (AvgIpc) is 3.30. The number of pyridine rings is 1. The largest absolute Gasteiger partial charge is 0.481 e. The number of sulfonamides is 1. The number of aromatic nitrogens is 1. The van der Waals surface area contributed by atoms with Crippen molar-refractivity contribution >= 4 is 10.0 Å². The zero-order valence-corrected chi connectivity index (χ0v) is 15.2. The first-order chi connectivity index (χ1) is 12.1. The molecule has 2 saturated heterocycles. The molecule has 0 spiro atoms. The third-order valence-corrected chi connectivity index (χ3v) is 7.38. The van der Waals surface area contributed by atoms with Crippen LogP contribution in [0.1, 0.15) is 18.4 Å². The van der Waals surface area contributed by atoms with Gasteiger partial charge < -0.3 is 9.47 Å². The van der Waals surface area contributed by atoms with Crippen molar-refractivity contribution in [2.24, 2.45) is 11.8 Å². The topological polar surface area (TPSA) is 80.8 Å². The van der Waals surface area contributed by atoms with Gasteiger partial charge in [-0.1, -0.05) is 6.07 Å². The molecule has 7 nitrogen and oxygen atoms in total. The van der Waals surface area contributed by atoms with Crippen molar-refractivity contribution < 1.29 is 17.9 Å². The van der Waals surface area contributed by atoms with E-state index in [1.807, 2.05) is 12.1 Å². The van der Waals surface area contributed by atoms with Crippen molar-refractivity contribution in [2.45, 2.75) is 30.7 Å². The van der Waals surface area contributed by atoms with Crippen LogP contribution in [0.4, 0.5) is 0 Å². The molecule has 3 aliphatic rings. The highest BCUT2D eigenvalue weighted by molar-refractivity contribution is 7.90. The maximum absolute atomic E-state index is 12.0. The van der Waals surface area contributed by atoms with Crippen LogP contribution in [0.5, 0.6) is 5.88 Å². The number of nitrogens with one attached hydrogen (secondary N) is 1. The molecule has 0 radical (unpaired) electrons. The van der Waals surface area contributed by atoms with E-state index < -0.39 is 10.0 Å². The molecule has 1 aliphatic carbocycles. The van der Waals surface area contributed by atoms with E-state index in [-0.39, 0.29) is 17.3 Å². The summed E-state index contributed by atoms with van der Waals surface area (Å²) < 4.78 is 38.1. The van der Waals surface area contributed by atoms with E-state index in [0.29, 0.717) is 24.9 Å². The first-order valence-electron chi connectivity index (χ1n) is 8.87. The van der Waals surface area contributed by atoms with Crippen LogP contribution in [0.25, 0.3) is 0 Å². The van der Waals surface area contributed by atoms with E-state index in [4.69, 9.17) is 9.47 Å². The van der Waals surface area contributed by atoms with Crippen LogP contribution >= 0.6 is 0 Å². The van der Waals surface area contributed by atoms with E-state index in [1.165, 1.54) is 0 Å². The number of rotatable bonds is 7. The zero-order chi connectivity index (χ0) is 17.4. The standard InChI is InChI=1S/C17H25N3O4S/c1-23-17-12(3-2-6-18-17)8-20-9-15-13(11-24-16(15)10-20)7-19-25(21,22)14-4-5-14/h2-3,6,13-16,19H,4-5,7-11H2,1H3/t13-,15+,16+/m0/s1. The van der Waals surface area contributed by atoms with Gasteiger partial charge in [0.15, 0.2) is 0 Å². The lowest BCUT2D eigenvalue weighted by Gasteiger charge is -2.20. The molecule has 1 N–H and O–H groups in total. The van der Waals surface area contributed by atoms with Crippen molar-refractivity contribution in [2.75, 3.05) is 33.4 Å². The summed E-state index contributed by atoms with van der Waals surface area (Å²) in [5.41, 5.74) is 1.07. The van der Waals surface area contributed by atoms with E-state index in [2.05, 4.69) is 14.6 Å². The molecule has 0 unspecified atom stereocenters. The molecule has 0 aromatic carbocycles. The van der Waals surface area contributed by atoms with Gasteiger partial charge in [0.2, 0.25) is 15.9 Å². The minimum atomic E-state index is -3.12. The number of likely N-dealkylation sites (tertiary alicyclic amines) is 1. The van der Waals surface area contributed by atoms with Crippen molar-refractivity contribution in [3.63, 3.8) is 0 Å². The lowest BCUT2D eigenvalue weighted by atomic mass is 9.93. The summed E-state index contributed by atoms with van der Waals surface area (Å²) in [6, 6.07) is 3.95. The highest BCUT2D eigenvalue weighted by Crippen LogP contribution is 2.35. The van der Waals surface area contributed by atoms with Crippen molar-refractivity contribution in [1.82, 2.24) is 14.6 Å². The number of fused-ring (bicyclic) bond motifs is 1. The fourth-order valence-corrected chi connectivity index (χ4v) is 5.35. The molecule has 3 fully saturated rings. The average molecular weight is 367 g/mol. The van der Waals surface area contributed by atoms with Gasteiger partial charge in [-0.25, -0.2) is 18.1 Å². The normalized spacial score (nSPS) is 29.7. The summed E-state index contributed by atoms with van der Waals surface area (Å²) in [5.74, 6) is 1.29. The Labute approximate surface area is 148 Å². The fourth-order valence-electron chi connectivity index (χ4n) is 3.91. The molecule has 4 rings (SSSR count). The number of methoxy groups -OCH3 is 1. The fraction of sp³-hybridized carbons (Fsp3) is 0.706. The van der Waals surface area contributed by atoms with Crippen LogP contribution in [0.2, 0.25) is 0 Å². The third kappa shape index (κ3) is 3.67. The van der Waals surface area contributed by atoms with Crippen LogP contribution < -0.4 is 9.46 Å². The molecule has 1 saturated carbocycles. The molecular formula is C17H25N3O4S. The quantitative estimate of drug-likeness (QED) is 0.761. The molecule has 8 heteroatoms. The summed E-state index contributed by atoms with van der Waals surface area (Å²) in [6.07, 6.45) is 3.51. The monoisotopic (exact) mass is 367 g/mol. The van der Waals surface area contributed by atoms with E-state index in [0.717, 1.165) is 38.0 Å². The maximum Gasteiger partial charge on any atom is 0.217 e. The Morgan fingerprint density at radius 3 is 3.00 bits per heavy atom. The second-order valence-electron chi connectivity index (χ2n) is 7.25. The Bertz CT molecular complexity index is 722. The van der Waals surface area contributed by atoms with Crippen LogP contribution in [-0.4, -0.2) is 63.0 Å². The molecule has 138 valence electrons. The predicted molar refractivity (Wildman–Crippen MR) is 92.7 cm³/mol. The second kappa shape index (κ2) is 6.83. The van der Waals surface area contributed by atoms with Crippen molar-refractivity contribution in [3.05, 3.63) is 23.9 Å². The number of nitrogens with zero attached hydrogens (tertiary/aromatic N) is 2. The summed E-state index contributed by atoms with van der Waals surface area (Å²) in [6.45, 7) is 3.69. The molecule has 0 amide bonds. The minimum absolute atomic E-state index is 0.163. The Kier molecular flexibility index (Phi) is 4.70. The van der Waals surface area contributed by atoms with E-state index >= 15 is 0 Å². The predicted octanol–water partition coefficient (Wildman–Crippen LogP) is 0.619. The maximum atomic E-state index is 12.0. The molecule has 1 aromatic rings. The smallest absolute Gasteiger partial charge is 0.217 e. The number of ether oxygens (including phenoxy) is 2. The molecule has 3 atom stereocenters. The van der Waals surface area contributed by atoms with Gasteiger partial charge in [-0.05, 0) is 18.9 Å². The molecule has 3 heterocycles. The van der Waals surface area contributed by atoms with Crippen LogP contribution in [0.3, 0.4) is 0 Å². The molecule has 1 aromatic heterocycles. The van der Waals surface area contributed by atoms with Crippen LogP contribution in [-0.2, 0) is 21.3 Å². The first kappa shape index (κ1) is 17.2. The van der Waals surface area contributed by atoms with E-state index in [9.17, 15) is 8.42 Å². The Morgan fingerprint density at radius 2 is 2.24 bits per heavy atom. The summed E-state index contributed by atoms with van der Waals surface area (Å²) in [4.78, 5) is 6.59. The van der Waals surface area contributed by atoms with Gasteiger partial charge in [-0.15, -0.1) is 0 Å².